The molecule has 3 atom stereocenters. The summed E-state index contributed by atoms with van der Waals surface area (Å²) in [5, 5.41) is 8.45. The maximum atomic E-state index is 13.9. The number of hydrogen-bond donors (Lipinski definition) is 1. The van der Waals surface area contributed by atoms with E-state index in [1.807, 2.05) is 4.90 Å². The second kappa shape index (κ2) is 12.4. The number of pyridine rings is 1. The normalized spacial score (nSPS) is 18.3. The fourth-order valence-corrected chi connectivity index (χ4v) is 6.00. The first-order valence-corrected chi connectivity index (χ1v) is 16.6. The topological polar surface area (TPSA) is 128 Å². The Morgan fingerprint density at radius 1 is 1.27 bits per heavy atom. The first kappa shape index (κ1) is 32.1. The summed E-state index contributed by atoms with van der Waals surface area (Å²) in [5.41, 5.74) is 6.53. The molecule has 2 aromatic heterocycles. The van der Waals surface area contributed by atoms with E-state index in [2.05, 4.69) is 54.0 Å². The molecular formula is C26H32Br2ClFN6O4S. The number of methoxy groups -OCH3 is 1. The van der Waals surface area contributed by atoms with E-state index >= 15 is 0 Å². The maximum Gasteiger partial charge on any atom is 0.249 e. The number of hydrogen-bond acceptors (Lipinski definition) is 9. The van der Waals surface area contributed by atoms with Crippen LogP contribution in [0.3, 0.4) is 0 Å². The van der Waals surface area contributed by atoms with Crippen molar-refractivity contribution in [2.75, 3.05) is 49.3 Å². The van der Waals surface area contributed by atoms with Crippen molar-refractivity contribution in [1.82, 2.24) is 15.2 Å². The van der Waals surface area contributed by atoms with Gasteiger partial charge in [0.25, 0.3) is 0 Å². The Morgan fingerprint density at radius 3 is 2.56 bits per heavy atom. The number of halogens is 4. The van der Waals surface area contributed by atoms with Crippen LogP contribution in [0.15, 0.2) is 31.6 Å². The van der Waals surface area contributed by atoms with Crippen LogP contribution in [-0.4, -0.2) is 63.7 Å². The van der Waals surface area contributed by atoms with E-state index in [1.165, 1.54) is 13.1 Å². The van der Waals surface area contributed by atoms with Crippen molar-refractivity contribution < 1.29 is 22.0 Å². The Bertz CT molecular complexity index is 1540. The number of sulfonamides is 1. The Morgan fingerprint density at radius 2 is 1.95 bits per heavy atom. The third-order valence-electron chi connectivity index (χ3n) is 7.13. The average molecular weight is 739 g/mol. The van der Waals surface area contributed by atoms with E-state index in [9.17, 15) is 12.8 Å². The molecule has 4 rings (SSSR count). The van der Waals surface area contributed by atoms with Crippen molar-refractivity contribution in [2.45, 2.75) is 32.2 Å². The zero-order valence-electron chi connectivity index (χ0n) is 23.3. The molecule has 0 bridgehead atoms. The monoisotopic (exact) mass is 736 g/mol. The summed E-state index contributed by atoms with van der Waals surface area (Å²) in [7, 11) is -0.695. The van der Waals surface area contributed by atoms with Gasteiger partial charge in [0.1, 0.15) is 11.6 Å². The number of anilines is 2. The van der Waals surface area contributed by atoms with Crippen LogP contribution in [0.4, 0.5) is 16.0 Å². The Labute approximate surface area is 261 Å². The van der Waals surface area contributed by atoms with Crippen LogP contribution in [0, 0.1) is 17.7 Å². The van der Waals surface area contributed by atoms with E-state index < -0.39 is 21.4 Å². The molecule has 0 amide bonds. The maximum absolute atomic E-state index is 13.9. The van der Waals surface area contributed by atoms with Gasteiger partial charge in [-0.05, 0) is 64.9 Å². The standard InChI is InChI=1S/C26H32Br2ClFN6O4S/c1-14-8-16(14)13-36(6-7-39-4)21-10-17(22(29)23(32-21)35(3)41(5,37)38)24-33-34-25(40-24)26(2,31)12-15-9-19(28)20(30)11-18(15)27/h9-11,14,16H,6-8,12-13,31H2,1-5H3/t14-,16+,26+/m0/s1. The lowest BCUT2D eigenvalue weighted by atomic mass is 9.94. The van der Waals surface area contributed by atoms with Gasteiger partial charge in [0, 0.05) is 38.1 Å². The number of aromatic nitrogens is 3. The van der Waals surface area contributed by atoms with Crippen molar-refractivity contribution in [3.63, 3.8) is 0 Å². The summed E-state index contributed by atoms with van der Waals surface area (Å²) >= 11 is 13.3. The van der Waals surface area contributed by atoms with Crippen molar-refractivity contribution >= 4 is 65.1 Å². The zero-order chi connectivity index (χ0) is 30.3. The van der Waals surface area contributed by atoms with E-state index in [4.69, 9.17) is 26.5 Å². The van der Waals surface area contributed by atoms with Crippen LogP contribution in [0.2, 0.25) is 5.02 Å². The van der Waals surface area contributed by atoms with Gasteiger partial charge < -0.3 is 19.8 Å². The van der Waals surface area contributed by atoms with Gasteiger partial charge in [-0.1, -0.05) is 34.5 Å². The highest BCUT2D eigenvalue weighted by Gasteiger charge is 2.35. The van der Waals surface area contributed by atoms with Gasteiger partial charge in [-0.2, -0.15) is 0 Å². The van der Waals surface area contributed by atoms with Gasteiger partial charge >= 0.3 is 0 Å². The van der Waals surface area contributed by atoms with E-state index in [-0.39, 0.29) is 29.0 Å². The fraction of sp³-hybridized carbons (Fsp3) is 0.500. The molecule has 0 saturated heterocycles. The number of rotatable bonds is 12. The molecule has 0 spiro atoms. The molecular weight excluding hydrogens is 707 g/mol. The SMILES string of the molecule is COCCN(C[C@H]1C[C@@H]1C)c1cc(-c2nnc([C@](C)(N)Cc3cc(Br)c(F)cc3Br)o2)c(Cl)c(N(C)S(C)(=O)=O)n1. The van der Waals surface area contributed by atoms with E-state index in [0.29, 0.717) is 45.3 Å². The smallest absolute Gasteiger partial charge is 0.249 e. The van der Waals surface area contributed by atoms with Crippen LogP contribution in [0.25, 0.3) is 11.5 Å². The van der Waals surface area contributed by atoms with Crippen LogP contribution in [0.5, 0.6) is 0 Å². The summed E-state index contributed by atoms with van der Waals surface area (Å²) in [6.45, 7) is 5.62. The van der Waals surface area contributed by atoms with Gasteiger partial charge in [-0.15, -0.1) is 10.2 Å². The van der Waals surface area contributed by atoms with Crippen LogP contribution < -0.4 is 14.9 Å². The lowest BCUT2D eigenvalue weighted by Gasteiger charge is -2.26. The van der Waals surface area contributed by atoms with E-state index in [1.54, 1.807) is 26.2 Å². The molecule has 10 nitrogen and oxygen atoms in total. The molecule has 0 aliphatic heterocycles. The van der Waals surface area contributed by atoms with Crippen molar-refractivity contribution in [3.8, 4) is 11.5 Å². The van der Waals surface area contributed by atoms with Gasteiger partial charge in [0.05, 0.1) is 33.5 Å². The Balaban J connectivity index is 1.76. The van der Waals surface area contributed by atoms with E-state index in [0.717, 1.165) is 29.1 Å². The van der Waals surface area contributed by atoms with Crippen molar-refractivity contribution in [2.24, 2.45) is 17.6 Å². The lowest BCUT2D eigenvalue weighted by molar-refractivity contribution is 0.204. The first-order valence-electron chi connectivity index (χ1n) is 12.8. The Hall–Kier alpha value is -1.84. The summed E-state index contributed by atoms with van der Waals surface area (Å²) in [5.74, 6) is 1.38. The predicted molar refractivity (Wildman–Crippen MR) is 164 cm³/mol. The minimum atomic E-state index is -3.70. The summed E-state index contributed by atoms with van der Waals surface area (Å²) in [6, 6.07) is 4.70. The average Bonchev–Trinajstić information content (AvgIpc) is 3.34. The largest absolute Gasteiger partial charge is 0.419 e. The van der Waals surface area contributed by atoms with Crippen molar-refractivity contribution in [1.29, 1.82) is 0 Å². The molecule has 2 heterocycles. The minimum Gasteiger partial charge on any atom is -0.419 e. The molecule has 1 aliphatic carbocycles. The molecule has 1 saturated carbocycles. The minimum absolute atomic E-state index is 0.0308. The first-order chi connectivity index (χ1) is 19.1. The van der Waals surface area contributed by atoms with Gasteiger partial charge in [0.2, 0.25) is 21.8 Å². The third-order valence-corrected chi connectivity index (χ3v) is 10.0. The molecule has 1 fully saturated rings. The molecule has 41 heavy (non-hydrogen) atoms. The van der Waals surface area contributed by atoms with Gasteiger partial charge in [0.15, 0.2) is 5.82 Å². The van der Waals surface area contributed by atoms with Gasteiger partial charge in [-0.3, -0.25) is 4.31 Å². The number of nitrogens with zero attached hydrogens (tertiary/aromatic N) is 5. The zero-order valence-corrected chi connectivity index (χ0v) is 28.0. The highest BCUT2D eigenvalue weighted by molar-refractivity contribution is 9.11. The number of benzene rings is 1. The Kier molecular flexibility index (Phi) is 9.71. The lowest BCUT2D eigenvalue weighted by Crippen LogP contribution is -2.36. The molecule has 0 radical (unpaired) electrons. The van der Waals surface area contributed by atoms with Crippen LogP contribution in [0.1, 0.15) is 31.7 Å². The molecule has 224 valence electrons. The molecule has 2 N–H and O–H groups in total. The molecule has 1 aliphatic rings. The second-order valence-corrected chi connectivity index (χ2v) is 14.8. The molecule has 3 aromatic rings. The third kappa shape index (κ3) is 7.39. The summed E-state index contributed by atoms with van der Waals surface area (Å²) < 4.78 is 52.2. The summed E-state index contributed by atoms with van der Waals surface area (Å²) in [6.07, 6.45) is 2.42. The molecule has 1 aromatic carbocycles. The molecule has 15 heteroatoms. The second-order valence-electron chi connectivity index (χ2n) is 10.7. The number of ether oxygens (including phenoxy) is 1. The number of nitrogens with two attached hydrogens (primary N) is 1. The van der Waals surface area contributed by atoms with Gasteiger partial charge in [-0.25, -0.2) is 17.8 Å². The quantitative estimate of drug-likeness (QED) is 0.244. The predicted octanol–water partition coefficient (Wildman–Crippen LogP) is 5.37. The van der Waals surface area contributed by atoms with Crippen molar-refractivity contribution in [3.05, 3.63) is 49.4 Å². The summed E-state index contributed by atoms with van der Waals surface area (Å²) in [4.78, 5) is 6.70. The fourth-order valence-electron chi connectivity index (χ4n) is 4.36. The highest BCUT2D eigenvalue weighted by Crippen LogP contribution is 2.42. The highest BCUT2D eigenvalue weighted by atomic mass is 79.9. The molecule has 0 unspecified atom stereocenters. The van der Waals surface area contributed by atoms with Crippen LogP contribution in [-0.2, 0) is 26.7 Å². The van der Waals surface area contributed by atoms with Crippen LogP contribution >= 0.6 is 43.5 Å².